The number of imidazole rings is 1. The minimum absolute atomic E-state index is 1.01. The Labute approximate surface area is 325 Å². The van der Waals surface area contributed by atoms with E-state index in [1.54, 1.807) is 0 Å². The molecular formula is C53H30N2S. The predicted octanol–water partition coefficient (Wildman–Crippen LogP) is 15.1. The van der Waals surface area contributed by atoms with E-state index < -0.39 is 0 Å². The third-order valence-corrected chi connectivity index (χ3v) is 13.3. The van der Waals surface area contributed by atoms with Crippen molar-refractivity contribution >= 4 is 113 Å². The molecular weight excluding hydrogens is 697 g/mol. The topological polar surface area (TPSA) is 17.3 Å². The molecule has 56 heavy (non-hydrogen) atoms. The average Bonchev–Trinajstić information content (AvgIpc) is 3.84. The van der Waals surface area contributed by atoms with Gasteiger partial charge in [-0.05, 0) is 106 Å². The lowest BCUT2D eigenvalue weighted by molar-refractivity contribution is 1.25. The van der Waals surface area contributed by atoms with Crippen LogP contribution in [-0.2, 0) is 0 Å². The first kappa shape index (κ1) is 30.3. The zero-order chi connectivity index (χ0) is 36.5. The number of nitrogens with zero attached hydrogens (tertiary/aromatic N) is 2. The van der Waals surface area contributed by atoms with Crippen molar-refractivity contribution in [1.29, 1.82) is 0 Å². The van der Waals surface area contributed by atoms with Gasteiger partial charge in [-0.15, -0.1) is 11.3 Å². The van der Waals surface area contributed by atoms with Gasteiger partial charge < -0.3 is 0 Å². The number of rotatable bonds is 2. The van der Waals surface area contributed by atoms with Crippen LogP contribution in [0.1, 0.15) is 0 Å². The minimum Gasteiger partial charge on any atom is -0.291 e. The summed E-state index contributed by atoms with van der Waals surface area (Å²) < 4.78 is 4.91. The minimum atomic E-state index is 1.01. The van der Waals surface area contributed by atoms with Crippen LogP contribution in [0.15, 0.2) is 182 Å². The summed E-state index contributed by atoms with van der Waals surface area (Å²) in [6.45, 7) is 0. The Morgan fingerprint density at radius 1 is 0.357 bits per heavy atom. The van der Waals surface area contributed by atoms with Crippen LogP contribution in [0.5, 0.6) is 0 Å². The van der Waals surface area contributed by atoms with Crippen LogP contribution in [-0.4, -0.2) is 9.38 Å². The summed E-state index contributed by atoms with van der Waals surface area (Å²) >= 11 is 1.85. The van der Waals surface area contributed by atoms with Crippen LogP contribution >= 0.6 is 11.3 Å². The SMILES string of the molecule is c1ccc2cc3c(cc2c1)sc1c3cc(-c2ccc(-c3ccc4c5ccccc5c5ccccc5c4c3)cc2)n2c3ccc4c5ccccc5ccc4c3nc12. The molecule has 2 nitrogen and oxygen atoms in total. The molecule has 0 saturated heterocycles. The quantitative estimate of drug-likeness (QED) is 0.162. The number of aromatic nitrogens is 2. The third-order valence-electron chi connectivity index (χ3n) is 12.1. The molecule has 0 aliphatic heterocycles. The van der Waals surface area contributed by atoms with Crippen molar-refractivity contribution in [2.24, 2.45) is 0 Å². The highest BCUT2D eigenvalue weighted by atomic mass is 32.1. The van der Waals surface area contributed by atoms with E-state index in [1.807, 2.05) is 11.3 Å². The van der Waals surface area contributed by atoms with E-state index in [0.29, 0.717) is 0 Å². The molecule has 0 radical (unpaired) electrons. The molecule has 0 fully saturated rings. The van der Waals surface area contributed by atoms with Gasteiger partial charge in [0, 0.05) is 20.9 Å². The summed E-state index contributed by atoms with van der Waals surface area (Å²) in [6.07, 6.45) is 0. The van der Waals surface area contributed by atoms with E-state index >= 15 is 0 Å². The van der Waals surface area contributed by atoms with Gasteiger partial charge in [0.1, 0.15) is 0 Å². The number of hydrogen-bond donors (Lipinski definition) is 0. The lowest BCUT2D eigenvalue weighted by Gasteiger charge is -2.13. The van der Waals surface area contributed by atoms with Gasteiger partial charge in [-0.1, -0.05) is 152 Å². The van der Waals surface area contributed by atoms with E-state index in [4.69, 9.17) is 4.98 Å². The van der Waals surface area contributed by atoms with Crippen LogP contribution in [0.25, 0.3) is 124 Å². The molecule has 0 saturated carbocycles. The highest BCUT2D eigenvalue weighted by Gasteiger charge is 2.20. The van der Waals surface area contributed by atoms with E-state index in [9.17, 15) is 0 Å². The number of benzene rings is 10. The maximum Gasteiger partial charge on any atom is 0.156 e. The molecule has 13 rings (SSSR count). The molecule has 0 bridgehead atoms. The average molecular weight is 727 g/mol. The van der Waals surface area contributed by atoms with Gasteiger partial charge in [0.25, 0.3) is 0 Å². The summed E-state index contributed by atoms with van der Waals surface area (Å²) in [4.78, 5) is 5.54. The Hall–Kier alpha value is -7.07. The normalized spacial score (nSPS) is 12.3. The Morgan fingerprint density at radius 2 is 0.911 bits per heavy atom. The maximum absolute atomic E-state index is 5.54. The fourth-order valence-electron chi connectivity index (χ4n) is 9.47. The van der Waals surface area contributed by atoms with Crippen LogP contribution in [0.4, 0.5) is 0 Å². The van der Waals surface area contributed by atoms with Crippen molar-refractivity contribution < 1.29 is 0 Å². The van der Waals surface area contributed by atoms with Gasteiger partial charge in [-0.2, -0.15) is 0 Å². The Kier molecular flexibility index (Phi) is 6.07. The zero-order valence-corrected chi connectivity index (χ0v) is 30.9. The molecule has 0 atom stereocenters. The summed E-state index contributed by atoms with van der Waals surface area (Å²) in [6, 6.07) is 67.2. The molecule has 3 heterocycles. The number of hydrogen-bond acceptors (Lipinski definition) is 2. The largest absolute Gasteiger partial charge is 0.291 e. The van der Waals surface area contributed by atoms with Gasteiger partial charge in [-0.25, -0.2) is 4.98 Å². The lowest BCUT2D eigenvalue weighted by Crippen LogP contribution is -1.93. The molecule has 0 N–H and O–H groups in total. The molecule has 0 amide bonds. The second-order valence-electron chi connectivity index (χ2n) is 15.1. The fraction of sp³-hybridized carbons (Fsp3) is 0. The first-order valence-electron chi connectivity index (χ1n) is 19.2. The Balaban J connectivity index is 1.05. The van der Waals surface area contributed by atoms with Crippen LogP contribution in [0.3, 0.4) is 0 Å². The van der Waals surface area contributed by atoms with E-state index in [1.165, 1.54) is 95.9 Å². The van der Waals surface area contributed by atoms with Crippen molar-refractivity contribution in [3.05, 3.63) is 182 Å². The summed E-state index contributed by atoms with van der Waals surface area (Å²) in [5.74, 6) is 0. The van der Waals surface area contributed by atoms with E-state index in [2.05, 4.69) is 186 Å². The van der Waals surface area contributed by atoms with Gasteiger partial charge in [0.05, 0.1) is 21.4 Å². The van der Waals surface area contributed by atoms with Crippen LogP contribution in [0.2, 0.25) is 0 Å². The van der Waals surface area contributed by atoms with Crippen molar-refractivity contribution in [2.75, 3.05) is 0 Å². The molecule has 0 aliphatic carbocycles. The van der Waals surface area contributed by atoms with Gasteiger partial charge in [-0.3, -0.25) is 4.40 Å². The second-order valence-corrected chi connectivity index (χ2v) is 16.1. The standard InChI is InChI=1S/C53H30N2S/c1-2-11-35-29-50-46(28-34(35)10-1)47-30-49(55-48-26-25-42-37-12-4-3-9-32(37)21-24-44(42)51(48)54-53(55)52(47)56-50)33-19-17-31(18-20-33)36-22-23-43-40-15-6-5-13-38(40)39-14-7-8-16-41(39)45(43)27-36/h1-30H. The molecule has 10 aromatic carbocycles. The van der Waals surface area contributed by atoms with Gasteiger partial charge >= 0.3 is 0 Å². The smallest absolute Gasteiger partial charge is 0.156 e. The summed E-state index contributed by atoms with van der Waals surface area (Å²) in [5, 5.41) is 17.7. The molecule has 0 unspecified atom stereocenters. The molecule has 258 valence electrons. The van der Waals surface area contributed by atoms with Crippen molar-refractivity contribution in [3.8, 4) is 22.4 Å². The first-order chi connectivity index (χ1) is 27.7. The maximum atomic E-state index is 5.54. The number of fused-ring (bicyclic) bond motifs is 18. The predicted molar refractivity (Wildman–Crippen MR) is 241 cm³/mol. The Morgan fingerprint density at radius 3 is 1.66 bits per heavy atom. The first-order valence-corrected chi connectivity index (χ1v) is 20.0. The molecule has 3 aromatic heterocycles. The summed E-state index contributed by atoms with van der Waals surface area (Å²) in [5.41, 5.74) is 7.90. The molecule has 0 aliphatic rings. The van der Waals surface area contributed by atoms with Gasteiger partial charge in [0.15, 0.2) is 5.65 Å². The van der Waals surface area contributed by atoms with Crippen molar-refractivity contribution in [1.82, 2.24) is 9.38 Å². The molecule has 13 aromatic rings. The zero-order valence-electron chi connectivity index (χ0n) is 30.1. The van der Waals surface area contributed by atoms with E-state index in [0.717, 1.165) is 27.9 Å². The number of thiophene rings is 1. The number of pyridine rings is 1. The Bertz CT molecular complexity index is 3780. The van der Waals surface area contributed by atoms with Crippen LogP contribution in [0, 0.1) is 0 Å². The summed E-state index contributed by atoms with van der Waals surface area (Å²) in [7, 11) is 0. The highest BCUT2D eigenvalue weighted by Crippen LogP contribution is 2.44. The van der Waals surface area contributed by atoms with Crippen molar-refractivity contribution in [2.45, 2.75) is 0 Å². The highest BCUT2D eigenvalue weighted by molar-refractivity contribution is 7.26. The van der Waals surface area contributed by atoms with Crippen LogP contribution < -0.4 is 0 Å². The molecule has 3 heteroatoms. The monoisotopic (exact) mass is 726 g/mol. The van der Waals surface area contributed by atoms with E-state index in [-0.39, 0.29) is 0 Å². The fourth-order valence-corrected chi connectivity index (χ4v) is 10.7. The van der Waals surface area contributed by atoms with Gasteiger partial charge in [0.2, 0.25) is 0 Å². The van der Waals surface area contributed by atoms with Crippen molar-refractivity contribution in [3.63, 3.8) is 0 Å². The lowest BCUT2D eigenvalue weighted by atomic mass is 9.92. The third kappa shape index (κ3) is 4.18. The second kappa shape index (κ2) is 11.2. The molecule has 0 spiro atoms.